The van der Waals surface area contributed by atoms with Gasteiger partial charge in [-0.05, 0) is 43.2 Å². The number of hydrogen-bond donors (Lipinski definition) is 4. The summed E-state index contributed by atoms with van der Waals surface area (Å²) in [7, 11) is 0. The van der Waals surface area contributed by atoms with Crippen molar-refractivity contribution < 1.29 is 15.0 Å². The van der Waals surface area contributed by atoms with Gasteiger partial charge in [-0.25, -0.2) is 0 Å². The number of aryl methyl sites for hydroxylation is 2. The molecule has 2 rings (SSSR count). The van der Waals surface area contributed by atoms with Crippen molar-refractivity contribution in [1.82, 2.24) is 0 Å². The number of phenols is 2. The number of hydrogen-bond acceptors (Lipinski definition) is 4. The number of nitrogens with one attached hydrogen (secondary N) is 1. The molecular formula is C15H16N2O3. The van der Waals surface area contributed by atoms with Crippen LogP contribution in [0.5, 0.6) is 11.5 Å². The van der Waals surface area contributed by atoms with E-state index >= 15 is 0 Å². The molecule has 2 aromatic rings. The zero-order valence-electron chi connectivity index (χ0n) is 11.3. The molecule has 104 valence electrons. The van der Waals surface area contributed by atoms with Crippen molar-refractivity contribution in [2.24, 2.45) is 0 Å². The maximum absolute atomic E-state index is 12.1. The van der Waals surface area contributed by atoms with Crippen molar-refractivity contribution in [3.8, 4) is 11.5 Å². The molecule has 0 unspecified atom stereocenters. The van der Waals surface area contributed by atoms with E-state index in [-0.39, 0.29) is 11.3 Å². The zero-order valence-corrected chi connectivity index (χ0v) is 11.3. The number of carbonyl (C=O) groups excluding carboxylic acids is 1. The maximum atomic E-state index is 12.1. The molecule has 5 heteroatoms. The third-order valence-electron chi connectivity index (χ3n) is 3.12. The van der Waals surface area contributed by atoms with Gasteiger partial charge in [-0.1, -0.05) is 12.1 Å². The second-order valence-electron chi connectivity index (χ2n) is 4.65. The van der Waals surface area contributed by atoms with Crippen LogP contribution in [0.4, 0.5) is 11.4 Å². The molecule has 20 heavy (non-hydrogen) atoms. The Morgan fingerprint density at radius 1 is 1.15 bits per heavy atom. The number of benzene rings is 2. The van der Waals surface area contributed by atoms with Crippen LogP contribution in [-0.2, 0) is 0 Å². The fourth-order valence-corrected chi connectivity index (χ4v) is 1.91. The molecule has 0 aliphatic heterocycles. The molecule has 0 aliphatic carbocycles. The number of nitrogens with two attached hydrogens (primary N) is 1. The van der Waals surface area contributed by atoms with Gasteiger partial charge < -0.3 is 21.3 Å². The molecule has 0 aliphatic rings. The Hall–Kier alpha value is -2.69. The van der Waals surface area contributed by atoms with Crippen molar-refractivity contribution in [1.29, 1.82) is 0 Å². The number of aromatic hydroxyl groups is 2. The lowest BCUT2D eigenvalue weighted by Crippen LogP contribution is -2.13. The Balaban J connectivity index is 2.33. The highest BCUT2D eigenvalue weighted by molar-refractivity contribution is 6.07. The van der Waals surface area contributed by atoms with Crippen LogP contribution >= 0.6 is 0 Å². The lowest BCUT2D eigenvalue weighted by atomic mass is 10.1. The molecule has 5 N–H and O–H groups in total. The summed E-state index contributed by atoms with van der Waals surface area (Å²) < 4.78 is 0. The second kappa shape index (κ2) is 5.13. The number of amides is 1. The van der Waals surface area contributed by atoms with Gasteiger partial charge in [0.25, 0.3) is 5.91 Å². The third kappa shape index (κ3) is 2.51. The van der Waals surface area contributed by atoms with E-state index in [9.17, 15) is 15.0 Å². The minimum absolute atomic E-state index is 0.00328. The molecule has 1 amide bonds. The minimum atomic E-state index is -0.509. The Kier molecular flexibility index (Phi) is 3.52. The lowest BCUT2D eigenvalue weighted by molar-refractivity contribution is 0.102. The van der Waals surface area contributed by atoms with Gasteiger partial charge >= 0.3 is 0 Å². The standard InChI is InChI=1S/C15H16N2O3/c1-8-6-9(2)12(7-11(8)16)17-15(20)10-4-3-5-13(18)14(10)19/h3-7,18-19H,16H2,1-2H3,(H,17,20). The highest BCUT2D eigenvalue weighted by atomic mass is 16.3. The Bertz CT molecular complexity index is 681. The summed E-state index contributed by atoms with van der Waals surface area (Å²) >= 11 is 0. The minimum Gasteiger partial charge on any atom is -0.504 e. The van der Waals surface area contributed by atoms with E-state index in [2.05, 4.69) is 5.32 Å². The number of anilines is 2. The smallest absolute Gasteiger partial charge is 0.259 e. The van der Waals surface area contributed by atoms with Gasteiger partial charge in [0.2, 0.25) is 0 Å². The van der Waals surface area contributed by atoms with Crippen LogP contribution < -0.4 is 11.1 Å². The first-order valence-corrected chi connectivity index (χ1v) is 6.09. The number of phenolic OH excluding ortho intramolecular Hbond substituents is 2. The number of rotatable bonds is 2. The Labute approximate surface area is 116 Å². The monoisotopic (exact) mass is 272 g/mol. The molecule has 0 saturated carbocycles. The van der Waals surface area contributed by atoms with Crippen LogP contribution in [0.2, 0.25) is 0 Å². The fraction of sp³-hybridized carbons (Fsp3) is 0.133. The summed E-state index contributed by atoms with van der Waals surface area (Å²) in [5, 5.41) is 21.8. The second-order valence-corrected chi connectivity index (χ2v) is 4.65. The normalized spacial score (nSPS) is 10.3. The van der Waals surface area contributed by atoms with E-state index < -0.39 is 11.7 Å². The molecule has 5 nitrogen and oxygen atoms in total. The van der Waals surface area contributed by atoms with Gasteiger partial charge in [-0.2, -0.15) is 0 Å². The Morgan fingerprint density at radius 2 is 1.85 bits per heavy atom. The molecule has 0 heterocycles. The van der Waals surface area contributed by atoms with Gasteiger partial charge in [-0.15, -0.1) is 0 Å². The van der Waals surface area contributed by atoms with Gasteiger partial charge in [0.15, 0.2) is 11.5 Å². The number of carbonyl (C=O) groups is 1. The summed E-state index contributed by atoms with van der Waals surface area (Å²) in [6.07, 6.45) is 0. The lowest BCUT2D eigenvalue weighted by Gasteiger charge is -2.12. The molecular weight excluding hydrogens is 256 g/mol. The molecule has 0 spiro atoms. The summed E-state index contributed by atoms with van der Waals surface area (Å²) in [6, 6.07) is 7.76. The predicted octanol–water partition coefficient (Wildman–Crippen LogP) is 2.55. The van der Waals surface area contributed by atoms with Gasteiger partial charge in [0, 0.05) is 11.4 Å². The highest BCUT2D eigenvalue weighted by Crippen LogP contribution is 2.29. The van der Waals surface area contributed by atoms with E-state index in [0.717, 1.165) is 11.1 Å². The molecule has 0 bridgehead atoms. The third-order valence-corrected chi connectivity index (χ3v) is 3.12. The molecule has 0 fully saturated rings. The first-order valence-electron chi connectivity index (χ1n) is 6.09. The number of nitrogen functional groups attached to an aromatic ring is 1. The first kappa shape index (κ1) is 13.7. The van der Waals surface area contributed by atoms with E-state index in [1.807, 2.05) is 19.9 Å². The van der Waals surface area contributed by atoms with Crippen molar-refractivity contribution in [3.05, 3.63) is 47.0 Å². The van der Waals surface area contributed by atoms with E-state index in [1.165, 1.54) is 18.2 Å². The van der Waals surface area contributed by atoms with Crippen LogP contribution in [0.15, 0.2) is 30.3 Å². The first-order chi connectivity index (χ1) is 9.40. The van der Waals surface area contributed by atoms with Crippen LogP contribution in [0.25, 0.3) is 0 Å². The molecule has 2 aromatic carbocycles. The van der Waals surface area contributed by atoms with Gasteiger partial charge in [0.05, 0.1) is 5.56 Å². The largest absolute Gasteiger partial charge is 0.504 e. The average Bonchev–Trinajstić information content (AvgIpc) is 2.39. The number of para-hydroxylation sites is 1. The SMILES string of the molecule is Cc1cc(C)c(NC(=O)c2cccc(O)c2O)cc1N. The van der Waals surface area contributed by atoms with E-state index in [0.29, 0.717) is 11.4 Å². The highest BCUT2D eigenvalue weighted by Gasteiger charge is 2.15. The average molecular weight is 272 g/mol. The van der Waals surface area contributed by atoms with Crippen LogP contribution in [-0.4, -0.2) is 16.1 Å². The van der Waals surface area contributed by atoms with E-state index in [4.69, 9.17) is 5.73 Å². The summed E-state index contributed by atoms with van der Waals surface area (Å²) in [4.78, 5) is 12.1. The summed E-state index contributed by atoms with van der Waals surface area (Å²) in [6.45, 7) is 3.74. The predicted molar refractivity (Wildman–Crippen MR) is 78.1 cm³/mol. The fourth-order valence-electron chi connectivity index (χ4n) is 1.91. The zero-order chi connectivity index (χ0) is 14.9. The van der Waals surface area contributed by atoms with E-state index in [1.54, 1.807) is 6.07 Å². The van der Waals surface area contributed by atoms with Gasteiger partial charge in [-0.3, -0.25) is 4.79 Å². The van der Waals surface area contributed by atoms with Crippen molar-refractivity contribution >= 4 is 17.3 Å². The molecule has 0 saturated heterocycles. The summed E-state index contributed by atoms with van der Waals surface area (Å²) in [5.41, 5.74) is 8.76. The maximum Gasteiger partial charge on any atom is 0.259 e. The summed E-state index contributed by atoms with van der Waals surface area (Å²) in [5.74, 6) is -1.29. The molecule has 0 radical (unpaired) electrons. The van der Waals surface area contributed by atoms with Crippen LogP contribution in [0, 0.1) is 13.8 Å². The van der Waals surface area contributed by atoms with Crippen molar-refractivity contribution in [2.75, 3.05) is 11.1 Å². The molecule has 0 aromatic heterocycles. The van der Waals surface area contributed by atoms with Gasteiger partial charge in [0.1, 0.15) is 0 Å². The topological polar surface area (TPSA) is 95.6 Å². The van der Waals surface area contributed by atoms with Crippen molar-refractivity contribution in [3.63, 3.8) is 0 Å². The van der Waals surface area contributed by atoms with Crippen molar-refractivity contribution in [2.45, 2.75) is 13.8 Å². The van der Waals surface area contributed by atoms with Crippen LogP contribution in [0.1, 0.15) is 21.5 Å². The quantitative estimate of drug-likeness (QED) is 0.499. The van der Waals surface area contributed by atoms with Crippen LogP contribution in [0.3, 0.4) is 0 Å². The molecule has 0 atom stereocenters. The Morgan fingerprint density at radius 3 is 2.55 bits per heavy atom.